The molecule has 0 aliphatic carbocycles. The molecular weight excluding hydrogens is 544 g/mol. The fraction of sp³-hybridized carbons (Fsp3) is 0.188. The van der Waals surface area contributed by atoms with Crippen molar-refractivity contribution in [3.63, 3.8) is 0 Å². The number of rotatable bonds is 9. The highest BCUT2D eigenvalue weighted by molar-refractivity contribution is 7.91. The van der Waals surface area contributed by atoms with Gasteiger partial charge in [0.25, 0.3) is 5.91 Å². The highest BCUT2D eigenvalue weighted by Crippen LogP contribution is 2.34. The lowest BCUT2D eigenvalue weighted by atomic mass is 9.96. The van der Waals surface area contributed by atoms with Crippen molar-refractivity contribution in [2.45, 2.75) is 31.2 Å². The fourth-order valence-corrected chi connectivity index (χ4v) is 5.71. The van der Waals surface area contributed by atoms with Crippen molar-refractivity contribution < 1.29 is 18.0 Å². The van der Waals surface area contributed by atoms with E-state index in [4.69, 9.17) is 11.6 Å². The van der Waals surface area contributed by atoms with Crippen molar-refractivity contribution >= 4 is 38.9 Å². The molecule has 1 N–H and O–H groups in total. The van der Waals surface area contributed by atoms with Crippen LogP contribution in [0.15, 0.2) is 102 Å². The first-order valence-electron chi connectivity index (χ1n) is 12.9. The maximum atomic E-state index is 13.6. The number of amides is 2. The Bertz CT molecular complexity index is 1600. The summed E-state index contributed by atoms with van der Waals surface area (Å²) in [6, 6.07) is 28.2. The van der Waals surface area contributed by atoms with Crippen LogP contribution >= 0.6 is 11.6 Å². The van der Waals surface area contributed by atoms with E-state index < -0.39 is 9.84 Å². The summed E-state index contributed by atoms with van der Waals surface area (Å²) in [6.45, 7) is 3.56. The molecule has 1 unspecified atom stereocenters. The van der Waals surface area contributed by atoms with Gasteiger partial charge in [0, 0.05) is 23.3 Å². The smallest absolute Gasteiger partial charge is 0.254 e. The van der Waals surface area contributed by atoms with Crippen LogP contribution in [0, 0.1) is 6.92 Å². The fourth-order valence-electron chi connectivity index (χ4n) is 4.49. The molecule has 0 heterocycles. The minimum Gasteiger partial charge on any atom is -0.331 e. The number of carbonyl (C=O) groups excluding carboxylic acids is 2. The van der Waals surface area contributed by atoms with E-state index in [2.05, 4.69) is 5.32 Å². The van der Waals surface area contributed by atoms with Gasteiger partial charge in [-0.05, 0) is 71.6 Å². The van der Waals surface area contributed by atoms with Crippen LogP contribution in [0.2, 0.25) is 5.02 Å². The van der Waals surface area contributed by atoms with Gasteiger partial charge in [0.05, 0.1) is 23.1 Å². The Morgan fingerprint density at radius 1 is 0.900 bits per heavy atom. The van der Waals surface area contributed by atoms with E-state index in [9.17, 15) is 18.0 Å². The minimum atomic E-state index is -3.29. The van der Waals surface area contributed by atoms with E-state index in [0.717, 1.165) is 16.7 Å². The first-order valence-corrected chi connectivity index (χ1v) is 14.9. The third-order valence-corrected chi connectivity index (χ3v) is 8.79. The van der Waals surface area contributed by atoms with E-state index >= 15 is 0 Å². The summed E-state index contributed by atoms with van der Waals surface area (Å²) >= 11 is 6.63. The molecule has 0 bridgehead atoms. The second kappa shape index (κ2) is 12.5. The van der Waals surface area contributed by atoms with Crippen LogP contribution in [0.3, 0.4) is 0 Å². The lowest BCUT2D eigenvalue weighted by Crippen LogP contribution is -2.32. The number of benzene rings is 4. The third kappa shape index (κ3) is 6.79. The summed E-state index contributed by atoms with van der Waals surface area (Å²) in [6.07, 6.45) is 0.0892. The molecular formula is C32H31ClN2O4S. The summed E-state index contributed by atoms with van der Waals surface area (Å²) in [7, 11) is -1.54. The number of hydrogen-bond donors (Lipinski definition) is 1. The van der Waals surface area contributed by atoms with Gasteiger partial charge in [0.15, 0.2) is 9.84 Å². The highest BCUT2D eigenvalue weighted by Gasteiger charge is 2.26. The summed E-state index contributed by atoms with van der Waals surface area (Å²) in [5.74, 6) is -0.417. The Labute approximate surface area is 240 Å². The summed E-state index contributed by atoms with van der Waals surface area (Å²) in [4.78, 5) is 28.1. The van der Waals surface area contributed by atoms with Gasteiger partial charge >= 0.3 is 0 Å². The molecule has 0 aliphatic rings. The maximum Gasteiger partial charge on any atom is 0.254 e. The molecule has 0 saturated carbocycles. The molecule has 0 radical (unpaired) electrons. The van der Waals surface area contributed by atoms with E-state index in [-0.39, 0.29) is 34.9 Å². The Morgan fingerprint density at radius 3 is 2.15 bits per heavy atom. The van der Waals surface area contributed by atoms with Crippen LogP contribution in [-0.4, -0.2) is 37.9 Å². The Hall–Kier alpha value is -3.94. The molecule has 8 heteroatoms. The van der Waals surface area contributed by atoms with E-state index in [1.807, 2.05) is 55.5 Å². The predicted octanol–water partition coefficient (Wildman–Crippen LogP) is 6.48. The quantitative estimate of drug-likeness (QED) is 0.248. The Kier molecular flexibility index (Phi) is 9.07. The molecule has 0 fully saturated rings. The Balaban J connectivity index is 1.47. The summed E-state index contributed by atoms with van der Waals surface area (Å²) in [5, 5.41) is 3.42. The van der Waals surface area contributed by atoms with Crippen molar-refractivity contribution in [2.75, 3.05) is 18.1 Å². The molecule has 4 aromatic rings. The van der Waals surface area contributed by atoms with Crippen LogP contribution in [0.25, 0.3) is 0 Å². The van der Waals surface area contributed by atoms with E-state index in [1.54, 1.807) is 55.3 Å². The number of hydrogen-bond acceptors (Lipinski definition) is 4. The first-order chi connectivity index (χ1) is 19.1. The topological polar surface area (TPSA) is 83.5 Å². The van der Waals surface area contributed by atoms with Crippen LogP contribution in [0.1, 0.15) is 45.6 Å². The monoisotopic (exact) mass is 574 g/mol. The van der Waals surface area contributed by atoms with Crippen LogP contribution in [-0.2, 0) is 21.1 Å². The first kappa shape index (κ1) is 29.1. The van der Waals surface area contributed by atoms with Gasteiger partial charge in [-0.15, -0.1) is 0 Å². The number of halogens is 1. The molecule has 2 amide bonds. The third-order valence-electron chi connectivity index (χ3n) is 6.72. The van der Waals surface area contributed by atoms with Gasteiger partial charge in [-0.2, -0.15) is 0 Å². The number of sulfone groups is 1. The average Bonchev–Trinajstić information content (AvgIpc) is 2.95. The number of aryl methyl sites for hydroxylation is 1. The zero-order valence-electron chi connectivity index (χ0n) is 22.6. The molecule has 206 valence electrons. The lowest BCUT2D eigenvalue weighted by Gasteiger charge is -2.30. The van der Waals surface area contributed by atoms with Gasteiger partial charge < -0.3 is 10.2 Å². The second-order valence-corrected chi connectivity index (χ2v) is 12.3. The van der Waals surface area contributed by atoms with E-state index in [1.165, 1.54) is 12.1 Å². The predicted molar refractivity (Wildman–Crippen MR) is 160 cm³/mol. The van der Waals surface area contributed by atoms with Gasteiger partial charge in [-0.1, -0.05) is 73.1 Å². The molecule has 4 aromatic carbocycles. The van der Waals surface area contributed by atoms with E-state index in [0.29, 0.717) is 21.8 Å². The SMILES string of the molecule is CCS(=O)(=O)c1ccc(CC(=O)Nc2ccc(C(=O)N(C)C(c3ccccc3)c3ccc(C)cc3Cl)cc2)cc1. The zero-order chi connectivity index (χ0) is 28.9. The second-order valence-electron chi connectivity index (χ2n) is 9.60. The molecule has 6 nitrogen and oxygen atoms in total. The maximum absolute atomic E-state index is 13.6. The molecule has 4 rings (SSSR count). The molecule has 40 heavy (non-hydrogen) atoms. The average molecular weight is 575 g/mol. The highest BCUT2D eigenvalue weighted by atomic mass is 35.5. The van der Waals surface area contributed by atoms with Crippen molar-refractivity contribution in [2.24, 2.45) is 0 Å². The summed E-state index contributed by atoms with van der Waals surface area (Å²) in [5.41, 5.74) is 4.52. The Morgan fingerprint density at radius 2 is 1.55 bits per heavy atom. The lowest BCUT2D eigenvalue weighted by molar-refractivity contribution is -0.115. The van der Waals surface area contributed by atoms with Crippen molar-refractivity contribution in [1.29, 1.82) is 0 Å². The summed E-state index contributed by atoms with van der Waals surface area (Å²) < 4.78 is 24.0. The van der Waals surface area contributed by atoms with Crippen molar-refractivity contribution in [1.82, 2.24) is 4.90 Å². The van der Waals surface area contributed by atoms with Gasteiger partial charge in [-0.25, -0.2) is 8.42 Å². The molecule has 0 saturated heterocycles. The normalized spacial score (nSPS) is 12.0. The van der Waals surface area contributed by atoms with Gasteiger partial charge in [0.2, 0.25) is 5.91 Å². The standard InChI is InChI=1S/C32H31ClN2O4S/c1-4-40(38,39)27-17-11-23(12-18-27)21-30(36)34-26-15-13-25(14-16-26)32(37)35(3)31(24-8-6-5-7-9-24)28-19-10-22(2)20-29(28)33/h5-20,31H,4,21H2,1-3H3,(H,34,36). The minimum absolute atomic E-state index is 0.0216. The largest absolute Gasteiger partial charge is 0.331 e. The number of carbonyl (C=O) groups is 2. The molecule has 0 aliphatic heterocycles. The zero-order valence-corrected chi connectivity index (χ0v) is 24.2. The number of nitrogens with zero attached hydrogens (tertiary/aromatic N) is 1. The van der Waals surface area contributed by atoms with Crippen LogP contribution in [0.5, 0.6) is 0 Å². The molecule has 1 atom stereocenters. The van der Waals surface area contributed by atoms with Gasteiger partial charge in [0.1, 0.15) is 0 Å². The number of nitrogens with one attached hydrogen (secondary N) is 1. The van der Waals surface area contributed by atoms with Gasteiger partial charge in [-0.3, -0.25) is 9.59 Å². The number of anilines is 1. The van der Waals surface area contributed by atoms with Crippen LogP contribution in [0.4, 0.5) is 5.69 Å². The van der Waals surface area contributed by atoms with Crippen LogP contribution < -0.4 is 5.32 Å². The molecule has 0 spiro atoms. The van der Waals surface area contributed by atoms with Crippen molar-refractivity contribution in [3.8, 4) is 0 Å². The van der Waals surface area contributed by atoms with Crippen molar-refractivity contribution in [3.05, 3.63) is 130 Å². The molecule has 0 aromatic heterocycles.